The maximum absolute atomic E-state index is 12.1. The predicted molar refractivity (Wildman–Crippen MR) is 74.9 cm³/mol. The zero-order valence-corrected chi connectivity index (χ0v) is 12.7. The van der Waals surface area contributed by atoms with Gasteiger partial charge in [-0.3, -0.25) is 0 Å². The maximum atomic E-state index is 12.1. The summed E-state index contributed by atoms with van der Waals surface area (Å²) in [5.74, 6) is -2.40. The second-order valence-electron chi connectivity index (χ2n) is 4.49. The normalized spacial score (nSPS) is 13.6. The molecule has 0 fully saturated rings. The average molecular weight is 286 g/mol. The summed E-state index contributed by atoms with van der Waals surface area (Å²) in [7, 11) is 0. The van der Waals surface area contributed by atoms with Gasteiger partial charge < -0.3 is 10.2 Å². The monoisotopic (exact) mass is 286 g/mol. The first kappa shape index (κ1) is 16.3. The Morgan fingerprint density at radius 1 is 1.11 bits per heavy atom. The summed E-state index contributed by atoms with van der Waals surface area (Å²) in [4.78, 5) is 0.519. The van der Waals surface area contributed by atoms with E-state index < -0.39 is 17.1 Å². The number of rotatable bonds is 6. The van der Waals surface area contributed by atoms with Crippen molar-refractivity contribution in [2.24, 2.45) is 0 Å². The first-order chi connectivity index (χ1) is 8.84. The summed E-state index contributed by atoms with van der Waals surface area (Å²) in [5.41, 5.74) is 3.39. The van der Waals surface area contributed by atoms with Gasteiger partial charge in [-0.1, -0.05) is 26.8 Å². The average Bonchev–Trinajstić information content (AvgIpc) is 2.34. The van der Waals surface area contributed by atoms with Crippen LogP contribution >= 0.6 is 0 Å². The summed E-state index contributed by atoms with van der Waals surface area (Å²) in [6.07, 6.45) is 2.50. The molecule has 0 bridgehead atoms. The second-order valence-corrected chi connectivity index (χ2v) is 5.57. The molecule has 0 saturated heterocycles. The largest absolute Gasteiger partial charge is 0.343 e. The van der Waals surface area contributed by atoms with E-state index in [1.807, 2.05) is 13.0 Å². The summed E-state index contributed by atoms with van der Waals surface area (Å²) in [5, 5.41) is 18.4. The second kappa shape index (κ2) is 6.61. The molecule has 0 aliphatic carbocycles. The summed E-state index contributed by atoms with van der Waals surface area (Å²) < 4.78 is 16.8. The third-order valence-electron chi connectivity index (χ3n) is 2.99. The van der Waals surface area contributed by atoms with Crippen LogP contribution in [0.1, 0.15) is 44.4 Å². The Balaban J connectivity index is 3.25. The van der Waals surface area contributed by atoms with E-state index in [4.69, 9.17) is 4.18 Å². The van der Waals surface area contributed by atoms with Gasteiger partial charge in [-0.15, -0.1) is 0 Å². The van der Waals surface area contributed by atoms with Crippen molar-refractivity contribution in [3.8, 4) is 0 Å². The highest BCUT2D eigenvalue weighted by Gasteiger charge is 2.24. The van der Waals surface area contributed by atoms with Crippen LogP contribution in [-0.2, 0) is 34.5 Å². The number of aryl methyl sites for hydroxylation is 1. The van der Waals surface area contributed by atoms with Crippen molar-refractivity contribution >= 4 is 11.1 Å². The molecule has 0 amide bonds. The SMILES string of the molecule is CCc1ccc(S(=O)OC(C)(O)O)c(CC)c1CC. The van der Waals surface area contributed by atoms with E-state index in [0.717, 1.165) is 31.7 Å². The standard InChI is InChI=1S/C14H22O4S/c1-5-10-8-9-13(12(7-3)11(10)6-2)19(17)18-14(4,15)16/h8-9,15-16H,5-7H2,1-4H3. The van der Waals surface area contributed by atoms with Crippen LogP contribution in [-0.4, -0.2) is 20.4 Å². The van der Waals surface area contributed by atoms with Crippen molar-refractivity contribution in [3.05, 3.63) is 28.8 Å². The minimum atomic E-state index is -2.40. The molecule has 0 aromatic heterocycles. The van der Waals surface area contributed by atoms with Crippen LogP contribution < -0.4 is 0 Å². The minimum Gasteiger partial charge on any atom is -0.343 e. The van der Waals surface area contributed by atoms with Crippen molar-refractivity contribution in [1.29, 1.82) is 0 Å². The Hall–Kier alpha value is -0.750. The van der Waals surface area contributed by atoms with Crippen LogP contribution in [0.5, 0.6) is 0 Å². The topological polar surface area (TPSA) is 66.8 Å². The first-order valence-corrected chi connectivity index (χ1v) is 7.61. The minimum absolute atomic E-state index is 0.519. The van der Waals surface area contributed by atoms with E-state index in [9.17, 15) is 14.4 Å². The summed E-state index contributed by atoms with van der Waals surface area (Å²) >= 11 is -1.89. The molecular weight excluding hydrogens is 264 g/mol. The molecule has 4 nitrogen and oxygen atoms in total. The van der Waals surface area contributed by atoms with E-state index in [1.54, 1.807) is 6.07 Å². The molecule has 1 atom stereocenters. The van der Waals surface area contributed by atoms with Crippen molar-refractivity contribution in [2.45, 2.75) is 57.8 Å². The molecule has 1 aromatic rings. The fourth-order valence-corrected chi connectivity index (χ4v) is 3.25. The van der Waals surface area contributed by atoms with E-state index >= 15 is 0 Å². The molecule has 0 saturated carbocycles. The first-order valence-electron chi connectivity index (χ1n) is 6.53. The van der Waals surface area contributed by atoms with E-state index in [0.29, 0.717) is 4.90 Å². The molecule has 1 rings (SSSR count). The van der Waals surface area contributed by atoms with Gasteiger partial charge >= 0.3 is 0 Å². The fraction of sp³-hybridized carbons (Fsp3) is 0.571. The van der Waals surface area contributed by atoms with Crippen molar-refractivity contribution in [3.63, 3.8) is 0 Å². The van der Waals surface area contributed by atoms with E-state index in [1.165, 1.54) is 11.1 Å². The maximum Gasteiger partial charge on any atom is 0.288 e. The summed E-state index contributed by atoms with van der Waals surface area (Å²) in [6.45, 7) is 7.17. The molecule has 5 heteroatoms. The molecule has 0 spiro atoms. The number of benzene rings is 1. The number of hydrogen-bond donors (Lipinski definition) is 2. The lowest BCUT2D eigenvalue weighted by Crippen LogP contribution is -2.28. The quantitative estimate of drug-likeness (QED) is 0.786. The highest BCUT2D eigenvalue weighted by molar-refractivity contribution is 7.80. The van der Waals surface area contributed by atoms with Gasteiger partial charge in [0.25, 0.3) is 5.97 Å². The van der Waals surface area contributed by atoms with Crippen LogP contribution in [0.25, 0.3) is 0 Å². The van der Waals surface area contributed by atoms with E-state index in [-0.39, 0.29) is 0 Å². The van der Waals surface area contributed by atoms with Gasteiger partial charge in [0.05, 0.1) is 4.90 Å². The van der Waals surface area contributed by atoms with Gasteiger partial charge in [-0.25, -0.2) is 8.39 Å². The zero-order valence-electron chi connectivity index (χ0n) is 11.9. The highest BCUT2D eigenvalue weighted by Crippen LogP contribution is 2.25. The Kier molecular flexibility index (Phi) is 5.67. The van der Waals surface area contributed by atoms with Gasteiger partial charge in [0.15, 0.2) is 11.1 Å². The van der Waals surface area contributed by atoms with Gasteiger partial charge in [-0.05, 0) is 42.0 Å². The van der Waals surface area contributed by atoms with Crippen LogP contribution in [0.2, 0.25) is 0 Å². The zero-order chi connectivity index (χ0) is 14.6. The third kappa shape index (κ3) is 4.11. The van der Waals surface area contributed by atoms with Gasteiger partial charge in [-0.2, -0.15) is 0 Å². The molecule has 0 aliphatic rings. The molecule has 19 heavy (non-hydrogen) atoms. The van der Waals surface area contributed by atoms with Crippen LogP contribution in [0.4, 0.5) is 0 Å². The summed E-state index contributed by atoms with van der Waals surface area (Å²) in [6, 6.07) is 3.68. The molecule has 2 N–H and O–H groups in total. The van der Waals surface area contributed by atoms with Gasteiger partial charge in [0, 0.05) is 6.92 Å². The predicted octanol–water partition coefficient (Wildman–Crippen LogP) is 2.07. The highest BCUT2D eigenvalue weighted by atomic mass is 32.2. The van der Waals surface area contributed by atoms with Gasteiger partial charge in [0.1, 0.15) is 0 Å². The molecule has 0 aliphatic heterocycles. The van der Waals surface area contributed by atoms with E-state index in [2.05, 4.69) is 13.8 Å². The number of aliphatic hydroxyl groups is 2. The Morgan fingerprint density at radius 3 is 2.11 bits per heavy atom. The van der Waals surface area contributed by atoms with Crippen molar-refractivity contribution in [1.82, 2.24) is 0 Å². The molecule has 1 unspecified atom stereocenters. The van der Waals surface area contributed by atoms with Gasteiger partial charge in [0.2, 0.25) is 0 Å². The lowest BCUT2D eigenvalue weighted by Gasteiger charge is -2.19. The lowest BCUT2D eigenvalue weighted by atomic mass is 9.96. The fourth-order valence-electron chi connectivity index (χ4n) is 2.22. The van der Waals surface area contributed by atoms with Crippen LogP contribution in [0.15, 0.2) is 17.0 Å². The van der Waals surface area contributed by atoms with Crippen LogP contribution in [0.3, 0.4) is 0 Å². The smallest absolute Gasteiger partial charge is 0.288 e. The Labute approximate surface area is 117 Å². The third-order valence-corrected chi connectivity index (χ3v) is 4.20. The molecule has 1 aromatic carbocycles. The Bertz CT molecular complexity index is 463. The molecule has 0 radical (unpaired) electrons. The lowest BCUT2D eigenvalue weighted by molar-refractivity contribution is -0.273. The van der Waals surface area contributed by atoms with Crippen molar-refractivity contribution < 1.29 is 18.6 Å². The van der Waals surface area contributed by atoms with Crippen LogP contribution in [0, 0.1) is 0 Å². The Morgan fingerprint density at radius 2 is 1.68 bits per heavy atom. The van der Waals surface area contributed by atoms with Crippen molar-refractivity contribution in [2.75, 3.05) is 0 Å². The molecule has 0 heterocycles. The number of hydrogen-bond acceptors (Lipinski definition) is 4. The molecule has 108 valence electrons. The molecular formula is C14H22O4S.